The summed E-state index contributed by atoms with van der Waals surface area (Å²) < 4.78 is 2.16. The minimum atomic E-state index is -0.984. The molecule has 0 bridgehead atoms. The van der Waals surface area contributed by atoms with Crippen LogP contribution in [0.3, 0.4) is 0 Å². The first-order valence-electron chi connectivity index (χ1n) is 8.24. The second kappa shape index (κ2) is 6.11. The van der Waals surface area contributed by atoms with E-state index in [4.69, 9.17) is 5.73 Å². The maximum atomic E-state index is 11.2. The third-order valence-electron chi connectivity index (χ3n) is 4.65. The molecular weight excluding hydrogens is 314 g/mol. The number of aromatic amines is 1. The number of carboxylic acid groups (broad SMARTS) is 1. The maximum Gasteiger partial charge on any atom is 0.320 e. The molecule has 4 N–H and O–H groups in total. The van der Waals surface area contributed by atoms with Gasteiger partial charge in [0.2, 0.25) is 0 Å². The van der Waals surface area contributed by atoms with Gasteiger partial charge in [-0.2, -0.15) is 0 Å². The summed E-state index contributed by atoms with van der Waals surface area (Å²) in [5.41, 5.74) is 9.94. The van der Waals surface area contributed by atoms with Crippen LogP contribution in [0.15, 0.2) is 60.8 Å². The maximum absolute atomic E-state index is 11.2. The fraction of sp³-hybridized carbons (Fsp3) is 0.150. The lowest BCUT2D eigenvalue weighted by atomic mass is 10.0. The largest absolute Gasteiger partial charge is 0.480 e. The van der Waals surface area contributed by atoms with E-state index in [1.54, 1.807) is 0 Å². The zero-order valence-corrected chi connectivity index (χ0v) is 13.6. The third-order valence-corrected chi connectivity index (χ3v) is 4.65. The Bertz CT molecular complexity index is 1060. The Morgan fingerprint density at radius 2 is 1.88 bits per heavy atom. The van der Waals surface area contributed by atoms with E-state index in [9.17, 15) is 9.90 Å². The lowest BCUT2D eigenvalue weighted by molar-refractivity contribution is -0.138. The normalized spacial score (nSPS) is 12.7. The van der Waals surface area contributed by atoms with Crippen molar-refractivity contribution in [2.45, 2.75) is 19.0 Å². The minimum Gasteiger partial charge on any atom is -0.480 e. The number of aromatic nitrogens is 2. The predicted octanol–water partition coefficient (Wildman–Crippen LogP) is 3.13. The third kappa shape index (κ3) is 2.79. The Balaban J connectivity index is 1.79. The van der Waals surface area contributed by atoms with Crippen LogP contribution >= 0.6 is 0 Å². The summed E-state index contributed by atoms with van der Waals surface area (Å²) in [5, 5.41) is 11.4. The van der Waals surface area contributed by atoms with E-state index in [-0.39, 0.29) is 0 Å². The molecule has 0 aliphatic carbocycles. The molecule has 5 nitrogen and oxygen atoms in total. The fourth-order valence-electron chi connectivity index (χ4n) is 3.38. The van der Waals surface area contributed by atoms with Gasteiger partial charge in [-0.3, -0.25) is 4.79 Å². The average molecular weight is 333 g/mol. The van der Waals surface area contributed by atoms with E-state index >= 15 is 0 Å². The van der Waals surface area contributed by atoms with Gasteiger partial charge in [-0.15, -0.1) is 0 Å². The number of H-pyrrole nitrogens is 1. The van der Waals surface area contributed by atoms with E-state index in [1.807, 2.05) is 36.4 Å². The first-order valence-corrected chi connectivity index (χ1v) is 8.24. The molecule has 1 atom stereocenters. The van der Waals surface area contributed by atoms with E-state index in [0.717, 1.165) is 27.7 Å². The first-order chi connectivity index (χ1) is 12.1. The molecule has 25 heavy (non-hydrogen) atoms. The number of nitrogens with two attached hydrogens (primary N) is 1. The summed E-state index contributed by atoms with van der Waals surface area (Å²) in [4.78, 5) is 14.7. The second-order valence-electron chi connectivity index (χ2n) is 6.28. The molecule has 2 aromatic heterocycles. The highest BCUT2D eigenvalue weighted by atomic mass is 16.4. The number of para-hydroxylation sites is 2. The van der Waals surface area contributed by atoms with Crippen LogP contribution in [-0.2, 0) is 17.8 Å². The van der Waals surface area contributed by atoms with Crippen LogP contribution < -0.4 is 5.73 Å². The average Bonchev–Trinajstić information content (AvgIpc) is 3.17. The highest BCUT2D eigenvalue weighted by molar-refractivity contribution is 5.86. The lowest BCUT2D eigenvalue weighted by Gasteiger charge is -2.10. The molecule has 5 heteroatoms. The highest BCUT2D eigenvalue weighted by Gasteiger charge is 2.19. The molecule has 0 amide bonds. The predicted molar refractivity (Wildman–Crippen MR) is 98.7 cm³/mol. The Morgan fingerprint density at radius 3 is 2.72 bits per heavy atom. The number of hydrogen-bond acceptors (Lipinski definition) is 2. The van der Waals surface area contributed by atoms with Gasteiger partial charge in [0.05, 0.1) is 6.54 Å². The summed E-state index contributed by atoms with van der Waals surface area (Å²) in [7, 11) is 0. The van der Waals surface area contributed by atoms with Crippen molar-refractivity contribution < 1.29 is 9.90 Å². The zero-order chi connectivity index (χ0) is 17.4. The number of carbonyl (C=O) groups is 1. The number of nitrogens with zero attached hydrogens (tertiary/aromatic N) is 1. The van der Waals surface area contributed by atoms with Gasteiger partial charge in [0.1, 0.15) is 6.04 Å². The van der Waals surface area contributed by atoms with Gasteiger partial charge in [-0.1, -0.05) is 36.4 Å². The molecule has 0 aliphatic rings. The van der Waals surface area contributed by atoms with Gasteiger partial charge in [0.25, 0.3) is 0 Å². The molecule has 0 saturated heterocycles. The standard InChI is InChI=1S/C20H19N3O2/c21-16(20(24)25)11-15-14-6-2-3-7-17(14)22-18(15)12-23-10-9-13-5-1-4-8-19(13)23/h1-10,16,22H,11-12,21H2,(H,24,25). The SMILES string of the molecule is NC(Cc1c(Cn2ccc3ccccc32)[nH]c2ccccc12)C(=O)O. The van der Waals surface area contributed by atoms with Crippen LogP contribution in [0.1, 0.15) is 11.3 Å². The summed E-state index contributed by atoms with van der Waals surface area (Å²) >= 11 is 0. The van der Waals surface area contributed by atoms with E-state index < -0.39 is 12.0 Å². The smallest absolute Gasteiger partial charge is 0.320 e. The molecule has 1 unspecified atom stereocenters. The molecule has 0 radical (unpaired) electrons. The molecule has 0 spiro atoms. The number of rotatable bonds is 5. The number of hydrogen-bond donors (Lipinski definition) is 3. The summed E-state index contributed by atoms with van der Waals surface area (Å²) in [5.74, 6) is -0.984. The van der Waals surface area contributed by atoms with Crippen molar-refractivity contribution in [3.63, 3.8) is 0 Å². The van der Waals surface area contributed by atoms with Crippen LogP contribution in [0.2, 0.25) is 0 Å². The van der Waals surface area contributed by atoms with Gasteiger partial charge in [0.15, 0.2) is 0 Å². The molecule has 2 aromatic carbocycles. The quantitative estimate of drug-likeness (QED) is 0.524. The first kappa shape index (κ1) is 15.5. The van der Waals surface area contributed by atoms with Gasteiger partial charge in [-0.25, -0.2) is 0 Å². The van der Waals surface area contributed by atoms with Crippen molar-refractivity contribution in [3.8, 4) is 0 Å². The van der Waals surface area contributed by atoms with Crippen molar-refractivity contribution in [2.75, 3.05) is 0 Å². The zero-order valence-electron chi connectivity index (χ0n) is 13.6. The van der Waals surface area contributed by atoms with Gasteiger partial charge >= 0.3 is 5.97 Å². The van der Waals surface area contributed by atoms with Crippen LogP contribution in [0.4, 0.5) is 0 Å². The molecule has 4 rings (SSSR count). The van der Waals surface area contributed by atoms with Crippen LogP contribution in [0, 0.1) is 0 Å². The molecule has 126 valence electrons. The van der Waals surface area contributed by atoms with Crippen molar-refractivity contribution >= 4 is 27.8 Å². The van der Waals surface area contributed by atoms with E-state index in [0.29, 0.717) is 13.0 Å². The highest BCUT2D eigenvalue weighted by Crippen LogP contribution is 2.26. The second-order valence-corrected chi connectivity index (χ2v) is 6.28. The fourth-order valence-corrected chi connectivity index (χ4v) is 3.38. The summed E-state index contributed by atoms with van der Waals surface area (Å²) in [6.45, 7) is 0.643. The minimum absolute atomic E-state index is 0.299. The Kier molecular flexibility index (Phi) is 3.78. The summed E-state index contributed by atoms with van der Waals surface area (Å²) in [6.07, 6.45) is 2.35. The molecule has 0 aliphatic heterocycles. The lowest BCUT2D eigenvalue weighted by Crippen LogP contribution is -2.32. The van der Waals surface area contributed by atoms with Crippen LogP contribution in [-0.4, -0.2) is 26.7 Å². The molecule has 4 aromatic rings. The van der Waals surface area contributed by atoms with Crippen molar-refractivity contribution in [1.29, 1.82) is 0 Å². The molecule has 2 heterocycles. The molecule has 0 fully saturated rings. The number of nitrogens with one attached hydrogen (secondary N) is 1. The molecule has 0 saturated carbocycles. The van der Waals surface area contributed by atoms with Crippen LogP contribution in [0.5, 0.6) is 0 Å². The van der Waals surface area contributed by atoms with E-state index in [1.165, 1.54) is 5.39 Å². The number of aliphatic carboxylic acids is 1. The monoisotopic (exact) mass is 333 g/mol. The van der Waals surface area contributed by atoms with Crippen molar-refractivity contribution in [1.82, 2.24) is 9.55 Å². The Morgan fingerprint density at radius 1 is 1.12 bits per heavy atom. The number of fused-ring (bicyclic) bond motifs is 2. The van der Waals surface area contributed by atoms with Gasteiger partial charge in [-0.05, 0) is 29.1 Å². The van der Waals surface area contributed by atoms with Crippen molar-refractivity contribution in [3.05, 3.63) is 72.1 Å². The summed E-state index contributed by atoms with van der Waals surface area (Å²) in [6, 6.07) is 17.3. The topological polar surface area (TPSA) is 84.0 Å². The Hall–Kier alpha value is -3.05. The van der Waals surface area contributed by atoms with E-state index in [2.05, 4.69) is 33.9 Å². The van der Waals surface area contributed by atoms with Gasteiger partial charge < -0.3 is 20.4 Å². The van der Waals surface area contributed by atoms with Gasteiger partial charge in [0, 0.05) is 34.7 Å². The van der Waals surface area contributed by atoms with Crippen LogP contribution in [0.25, 0.3) is 21.8 Å². The number of benzene rings is 2. The number of carboxylic acids is 1. The Labute approximate surface area is 144 Å². The van der Waals surface area contributed by atoms with Crippen molar-refractivity contribution in [2.24, 2.45) is 5.73 Å². The molecular formula is C20H19N3O2.